The summed E-state index contributed by atoms with van der Waals surface area (Å²) in [5.41, 5.74) is 5.48. The Labute approximate surface area is 171 Å². The van der Waals surface area contributed by atoms with Gasteiger partial charge < -0.3 is 15.7 Å². The highest BCUT2D eigenvalue weighted by atomic mass is 16.7. The summed E-state index contributed by atoms with van der Waals surface area (Å²) in [6, 6.07) is 0. The second-order valence-corrected chi connectivity index (χ2v) is 11.4. The minimum Gasteiger partial charge on any atom is -0.463 e. The lowest BCUT2D eigenvalue weighted by molar-refractivity contribution is -0.247. The molecule has 0 aromatic heterocycles. The number of nitrogens with zero attached hydrogens (tertiary/aromatic N) is 2. The molecule has 8 aliphatic rings. The lowest BCUT2D eigenvalue weighted by Crippen LogP contribution is -2.57. The van der Waals surface area contributed by atoms with Crippen LogP contribution in [0.15, 0.2) is 5.16 Å². The van der Waals surface area contributed by atoms with Crippen LogP contribution in [-0.4, -0.2) is 33.4 Å². The zero-order valence-corrected chi connectivity index (χ0v) is 17.1. The van der Waals surface area contributed by atoms with Crippen LogP contribution in [-0.2, 0) is 9.68 Å². The Kier molecular flexibility index (Phi) is 3.94. The molecule has 3 N–H and O–H groups in total. The molecule has 0 aromatic rings. The average Bonchev–Trinajstić information content (AvgIpc) is 2.62. The number of nitrogens with two attached hydrogens (primary N) is 1. The minimum absolute atomic E-state index is 0.177. The Morgan fingerprint density at radius 1 is 0.793 bits per heavy atom. The maximum Gasteiger partial charge on any atom is 0.439 e. The maximum atomic E-state index is 12.0. The van der Waals surface area contributed by atoms with Crippen molar-refractivity contribution in [3.05, 3.63) is 0 Å². The molecule has 7 nitrogen and oxygen atoms in total. The van der Waals surface area contributed by atoms with Gasteiger partial charge in [0.15, 0.2) is 0 Å². The molecule has 1 amide bonds. The first kappa shape index (κ1) is 18.3. The molecule has 8 fully saturated rings. The van der Waals surface area contributed by atoms with Crippen molar-refractivity contribution < 1.29 is 19.6 Å². The van der Waals surface area contributed by atoms with Crippen LogP contribution >= 0.6 is 0 Å². The molecular formula is C22H33N3O4. The van der Waals surface area contributed by atoms with Crippen molar-refractivity contribution >= 4 is 12.1 Å². The standard InChI is InChI=1S/C22H33N3O4/c23-19(24-28-21-7-13-1-14(8-21)3-15(2-13)9-21)25(20(26)27)29-22-10-16-4-17(11-22)6-18(5-16)12-22/h13-18H,1-12H2,(H2,23,24)(H,26,27). The Bertz CT molecular complexity index is 665. The lowest BCUT2D eigenvalue weighted by Gasteiger charge is -2.56. The molecular weight excluding hydrogens is 370 g/mol. The minimum atomic E-state index is -1.21. The second-order valence-electron chi connectivity index (χ2n) is 11.4. The van der Waals surface area contributed by atoms with Crippen LogP contribution in [0.2, 0.25) is 0 Å². The summed E-state index contributed by atoms with van der Waals surface area (Å²) >= 11 is 0. The highest BCUT2D eigenvalue weighted by Gasteiger charge is 2.55. The van der Waals surface area contributed by atoms with Crippen LogP contribution < -0.4 is 5.73 Å². The molecule has 7 heteroatoms. The van der Waals surface area contributed by atoms with Gasteiger partial charge in [0.25, 0.3) is 5.96 Å². The van der Waals surface area contributed by atoms with E-state index in [1.54, 1.807) is 0 Å². The fourth-order valence-corrected chi connectivity index (χ4v) is 8.84. The van der Waals surface area contributed by atoms with Crippen LogP contribution in [0.1, 0.15) is 77.0 Å². The first-order valence-electron chi connectivity index (χ1n) is 11.6. The normalized spacial score (nSPS) is 49.4. The van der Waals surface area contributed by atoms with E-state index in [0.29, 0.717) is 17.8 Å². The van der Waals surface area contributed by atoms with E-state index in [2.05, 4.69) is 5.16 Å². The third-order valence-corrected chi connectivity index (χ3v) is 8.96. The van der Waals surface area contributed by atoms with Gasteiger partial charge in [-0.05, 0) is 118 Å². The number of hydrogen-bond acceptors (Lipinski definition) is 4. The summed E-state index contributed by atoms with van der Waals surface area (Å²) in [7, 11) is 0. The van der Waals surface area contributed by atoms with E-state index in [-0.39, 0.29) is 11.6 Å². The van der Waals surface area contributed by atoms with E-state index < -0.39 is 11.7 Å². The summed E-state index contributed by atoms with van der Waals surface area (Å²) in [6.45, 7) is 0. The molecule has 0 heterocycles. The van der Waals surface area contributed by atoms with Gasteiger partial charge in [-0.2, -0.15) is 0 Å². The van der Waals surface area contributed by atoms with E-state index >= 15 is 0 Å². The Hall–Kier alpha value is -1.50. The van der Waals surface area contributed by atoms with Gasteiger partial charge in [-0.25, -0.2) is 4.79 Å². The number of hydroxylamine groups is 2. The number of guanidine groups is 1. The molecule has 0 atom stereocenters. The number of carbonyl (C=O) groups is 1. The molecule has 0 saturated heterocycles. The number of hydrogen-bond donors (Lipinski definition) is 2. The first-order valence-corrected chi connectivity index (χ1v) is 11.6. The van der Waals surface area contributed by atoms with Crippen LogP contribution in [0.25, 0.3) is 0 Å². The van der Waals surface area contributed by atoms with E-state index in [1.807, 2.05) is 0 Å². The third kappa shape index (κ3) is 3.11. The smallest absolute Gasteiger partial charge is 0.439 e. The molecule has 160 valence electrons. The van der Waals surface area contributed by atoms with E-state index in [1.165, 1.54) is 38.5 Å². The lowest BCUT2D eigenvalue weighted by atomic mass is 9.54. The zero-order chi connectivity index (χ0) is 19.8. The van der Waals surface area contributed by atoms with Crippen molar-refractivity contribution in [3.8, 4) is 0 Å². The average molecular weight is 404 g/mol. The third-order valence-electron chi connectivity index (χ3n) is 8.96. The van der Waals surface area contributed by atoms with Crippen LogP contribution in [0.4, 0.5) is 4.79 Å². The Balaban J connectivity index is 1.18. The SMILES string of the molecule is NC(=NOC12CC3CC(CC(C3)C1)C2)N(OC12CC3CC(CC(C3)C1)C2)C(=O)O. The molecule has 8 saturated carbocycles. The molecule has 0 radical (unpaired) electrons. The zero-order valence-electron chi connectivity index (χ0n) is 17.1. The monoisotopic (exact) mass is 403 g/mol. The van der Waals surface area contributed by atoms with Gasteiger partial charge in [-0.3, -0.25) is 4.84 Å². The van der Waals surface area contributed by atoms with Gasteiger partial charge in [0, 0.05) is 0 Å². The number of oxime groups is 1. The van der Waals surface area contributed by atoms with Crippen molar-refractivity contribution in [2.24, 2.45) is 46.4 Å². The van der Waals surface area contributed by atoms with Crippen LogP contribution in [0.5, 0.6) is 0 Å². The number of amides is 1. The topological polar surface area (TPSA) is 97.4 Å². The summed E-state index contributed by atoms with van der Waals surface area (Å²) < 4.78 is 0. The maximum absolute atomic E-state index is 12.0. The van der Waals surface area contributed by atoms with Gasteiger partial charge in [0.2, 0.25) is 0 Å². The predicted octanol–water partition coefficient (Wildman–Crippen LogP) is 4.08. The fraction of sp³-hybridized carbons (Fsp3) is 0.909. The molecule has 29 heavy (non-hydrogen) atoms. The van der Waals surface area contributed by atoms with Crippen molar-refractivity contribution in [1.29, 1.82) is 0 Å². The van der Waals surface area contributed by atoms with Gasteiger partial charge in [-0.1, -0.05) is 0 Å². The summed E-state index contributed by atoms with van der Waals surface area (Å²) in [6.07, 6.45) is 12.4. The quantitative estimate of drug-likeness (QED) is 0.419. The van der Waals surface area contributed by atoms with E-state index in [0.717, 1.165) is 61.3 Å². The molecule has 8 bridgehead atoms. The van der Waals surface area contributed by atoms with Gasteiger partial charge >= 0.3 is 6.09 Å². The highest BCUT2D eigenvalue weighted by Crippen LogP contribution is 2.58. The highest BCUT2D eigenvalue weighted by molar-refractivity contribution is 5.90. The van der Waals surface area contributed by atoms with Gasteiger partial charge in [0.1, 0.15) is 5.60 Å². The van der Waals surface area contributed by atoms with Crippen LogP contribution in [0.3, 0.4) is 0 Å². The Morgan fingerprint density at radius 3 is 1.55 bits per heavy atom. The molecule has 0 aliphatic heterocycles. The fourth-order valence-electron chi connectivity index (χ4n) is 8.84. The predicted molar refractivity (Wildman–Crippen MR) is 105 cm³/mol. The molecule has 0 aromatic carbocycles. The number of rotatable bonds is 4. The number of carboxylic acid groups (broad SMARTS) is 1. The van der Waals surface area contributed by atoms with Crippen molar-refractivity contribution in [2.45, 2.75) is 88.3 Å². The summed E-state index contributed by atoms with van der Waals surface area (Å²) in [5, 5.41) is 14.7. The Morgan fingerprint density at radius 2 is 1.17 bits per heavy atom. The largest absolute Gasteiger partial charge is 0.463 e. The van der Waals surface area contributed by atoms with Crippen molar-refractivity contribution in [2.75, 3.05) is 0 Å². The summed E-state index contributed by atoms with van der Waals surface area (Å²) in [5.74, 6) is 4.02. The van der Waals surface area contributed by atoms with Gasteiger partial charge in [-0.15, -0.1) is 5.06 Å². The molecule has 8 aliphatic carbocycles. The van der Waals surface area contributed by atoms with Gasteiger partial charge in [0.05, 0.1) is 5.60 Å². The molecule has 8 rings (SSSR count). The molecule has 0 spiro atoms. The first-order chi connectivity index (χ1) is 13.9. The van der Waals surface area contributed by atoms with Crippen molar-refractivity contribution in [1.82, 2.24) is 5.06 Å². The van der Waals surface area contributed by atoms with Crippen molar-refractivity contribution in [3.63, 3.8) is 0 Å². The van der Waals surface area contributed by atoms with E-state index in [9.17, 15) is 9.90 Å². The molecule has 0 unspecified atom stereocenters. The second kappa shape index (κ2) is 6.25. The van der Waals surface area contributed by atoms with E-state index in [4.69, 9.17) is 15.4 Å². The van der Waals surface area contributed by atoms with Crippen LogP contribution in [0, 0.1) is 35.5 Å². The summed E-state index contributed by atoms with van der Waals surface area (Å²) in [4.78, 5) is 24.1.